The number of ether oxygens (including phenoxy) is 1. The van der Waals surface area contributed by atoms with Crippen molar-refractivity contribution in [1.82, 2.24) is 25.0 Å². The first-order valence-corrected chi connectivity index (χ1v) is 11.8. The fourth-order valence-electron chi connectivity index (χ4n) is 5.18. The lowest BCUT2D eigenvalue weighted by molar-refractivity contribution is -0.0990. The van der Waals surface area contributed by atoms with E-state index in [9.17, 15) is 9.59 Å². The molecule has 4 heterocycles. The van der Waals surface area contributed by atoms with Crippen molar-refractivity contribution < 1.29 is 14.3 Å². The molecule has 8 nitrogen and oxygen atoms in total. The lowest BCUT2D eigenvalue weighted by Gasteiger charge is -2.43. The van der Waals surface area contributed by atoms with Crippen molar-refractivity contribution in [2.75, 3.05) is 19.6 Å². The minimum Gasteiger partial charge on any atom is -0.370 e. The minimum atomic E-state index is -0.303. The lowest BCUT2D eigenvalue weighted by atomic mass is 9.83. The van der Waals surface area contributed by atoms with E-state index in [0.717, 1.165) is 48.0 Å². The van der Waals surface area contributed by atoms with Gasteiger partial charge >= 0.3 is 0 Å². The van der Waals surface area contributed by atoms with Crippen molar-refractivity contribution in [3.05, 3.63) is 53.0 Å². The topological polar surface area (TPSA) is 92.3 Å². The normalized spacial score (nSPS) is 19.6. The average molecular weight is 448 g/mol. The number of hydrogen-bond acceptors (Lipinski definition) is 4. The highest BCUT2D eigenvalue weighted by atomic mass is 16.5. The van der Waals surface area contributed by atoms with Crippen molar-refractivity contribution in [2.45, 2.75) is 44.3 Å². The molecule has 8 heteroatoms. The van der Waals surface area contributed by atoms with E-state index < -0.39 is 0 Å². The number of carbonyl (C=O) groups is 2. The maximum absolute atomic E-state index is 13.1. The van der Waals surface area contributed by atoms with Gasteiger partial charge in [-0.2, -0.15) is 5.10 Å². The van der Waals surface area contributed by atoms with Crippen molar-refractivity contribution in [3.8, 4) is 0 Å². The smallest absolute Gasteiger partial charge is 0.272 e. The molecule has 2 aromatic heterocycles. The third-order valence-electron chi connectivity index (χ3n) is 7.51. The Morgan fingerprint density at radius 2 is 2.06 bits per heavy atom. The number of likely N-dealkylation sites (tertiary alicyclic amines) is 1. The third kappa shape index (κ3) is 3.72. The number of nitrogens with one attached hydrogen (secondary N) is 2. The minimum absolute atomic E-state index is 0.0630. The molecule has 2 amide bonds. The average Bonchev–Trinajstić information content (AvgIpc) is 3.45. The molecular weight excluding hydrogens is 418 g/mol. The van der Waals surface area contributed by atoms with Crippen molar-refractivity contribution >= 4 is 22.7 Å². The number of aromatic amines is 1. The molecule has 3 aromatic rings. The van der Waals surface area contributed by atoms with Gasteiger partial charge in [-0.15, -0.1) is 0 Å². The van der Waals surface area contributed by atoms with Crippen LogP contribution in [0, 0.1) is 5.92 Å². The molecule has 0 bridgehead atoms. The van der Waals surface area contributed by atoms with Gasteiger partial charge in [0.1, 0.15) is 0 Å². The Hall–Kier alpha value is -3.13. The number of hydrogen-bond donors (Lipinski definition) is 2. The van der Waals surface area contributed by atoms with Crippen LogP contribution >= 0.6 is 0 Å². The van der Waals surface area contributed by atoms with Gasteiger partial charge in [0.25, 0.3) is 11.8 Å². The molecule has 2 aliphatic heterocycles. The standard InChI is InChI=1S/C25H29N5O3/c1-29-21-13-25(33-15-19(21)22(28-29)23(31)27-14-16-2-3-16)7-10-30(11-8-25)24(32)18-5-4-17-6-9-26-20(17)12-18/h4-6,9,12,16,26H,2-3,7-8,10-11,13-15H2,1H3,(H,27,31). The van der Waals surface area contributed by atoms with Gasteiger partial charge in [-0.05, 0) is 55.2 Å². The fraction of sp³-hybridized carbons (Fsp3) is 0.480. The molecule has 33 heavy (non-hydrogen) atoms. The van der Waals surface area contributed by atoms with Crippen LogP contribution in [0.1, 0.15) is 57.8 Å². The molecule has 172 valence electrons. The zero-order valence-electron chi connectivity index (χ0n) is 18.9. The van der Waals surface area contributed by atoms with E-state index in [1.54, 1.807) is 0 Å². The van der Waals surface area contributed by atoms with Gasteiger partial charge in [0.15, 0.2) is 5.69 Å². The highest BCUT2D eigenvalue weighted by Crippen LogP contribution is 2.37. The molecule has 6 rings (SSSR count). The van der Waals surface area contributed by atoms with E-state index in [1.165, 1.54) is 12.8 Å². The van der Waals surface area contributed by atoms with Crippen molar-refractivity contribution in [1.29, 1.82) is 0 Å². The van der Waals surface area contributed by atoms with Crippen LogP contribution in [0.5, 0.6) is 0 Å². The van der Waals surface area contributed by atoms with Crippen LogP contribution in [-0.2, 0) is 24.8 Å². The maximum Gasteiger partial charge on any atom is 0.272 e. The predicted molar refractivity (Wildman–Crippen MR) is 123 cm³/mol. The summed E-state index contributed by atoms with van der Waals surface area (Å²) < 4.78 is 8.22. The monoisotopic (exact) mass is 447 g/mol. The second-order valence-electron chi connectivity index (χ2n) is 9.77. The summed E-state index contributed by atoms with van der Waals surface area (Å²) in [5, 5.41) is 8.65. The summed E-state index contributed by atoms with van der Waals surface area (Å²) in [6, 6.07) is 7.81. The van der Waals surface area contributed by atoms with Crippen LogP contribution in [-0.4, -0.2) is 56.7 Å². The lowest BCUT2D eigenvalue weighted by Crippen LogP contribution is -2.50. The number of rotatable bonds is 4. The van der Waals surface area contributed by atoms with Gasteiger partial charge in [-0.1, -0.05) is 6.07 Å². The summed E-state index contributed by atoms with van der Waals surface area (Å²) in [5.41, 5.74) is 3.87. The van der Waals surface area contributed by atoms with E-state index in [1.807, 2.05) is 47.1 Å². The second-order valence-corrected chi connectivity index (χ2v) is 9.77. The highest BCUT2D eigenvalue weighted by Gasteiger charge is 2.42. The number of amides is 2. The van der Waals surface area contributed by atoms with Gasteiger partial charge in [-0.3, -0.25) is 14.3 Å². The first-order chi connectivity index (χ1) is 16.0. The van der Waals surface area contributed by atoms with Gasteiger partial charge in [-0.25, -0.2) is 0 Å². The number of benzene rings is 1. The summed E-state index contributed by atoms with van der Waals surface area (Å²) in [5.74, 6) is 0.594. The summed E-state index contributed by atoms with van der Waals surface area (Å²) in [7, 11) is 1.91. The summed E-state index contributed by atoms with van der Waals surface area (Å²) in [6.07, 6.45) is 6.56. The second kappa shape index (κ2) is 7.73. The Bertz CT molecular complexity index is 1230. The van der Waals surface area contributed by atoms with Crippen molar-refractivity contribution in [2.24, 2.45) is 13.0 Å². The van der Waals surface area contributed by atoms with E-state index >= 15 is 0 Å². The predicted octanol–water partition coefficient (Wildman–Crippen LogP) is 2.79. The van der Waals surface area contributed by atoms with Gasteiger partial charge in [0, 0.05) is 61.6 Å². The van der Waals surface area contributed by atoms with Crippen LogP contribution in [0.4, 0.5) is 0 Å². The largest absolute Gasteiger partial charge is 0.370 e. The molecule has 0 atom stereocenters. The van der Waals surface area contributed by atoms with Gasteiger partial charge in [0.05, 0.1) is 12.2 Å². The Morgan fingerprint density at radius 3 is 2.85 bits per heavy atom. The van der Waals surface area contributed by atoms with Crippen LogP contribution in [0.25, 0.3) is 10.9 Å². The number of fused-ring (bicyclic) bond motifs is 2. The molecule has 1 saturated heterocycles. The van der Waals surface area contributed by atoms with Crippen LogP contribution in [0.2, 0.25) is 0 Å². The van der Waals surface area contributed by atoms with Crippen LogP contribution in [0.15, 0.2) is 30.5 Å². The van der Waals surface area contributed by atoms with Gasteiger partial charge in [0.2, 0.25) is 0 Å². The zero-order valence-corrected chi connectivity index (χ0v) is 18.9. The quantitative estimate of drug-likeness (QED) is 0.643. The summed E-state index contributed by atoms with van der Waals surface area (Å²) in [6.45, 7) is 2.44. The number of aromatic nitrogens is 3. The Labute approximate surface area is 192 Å². The molecular formula is C25H29N5O3. The molecule has 0 radical (unpaired) electrons. The Morgan fingerprint density at radius 1 is 1.24 bits per heavy atom. The fourth-order valence-corrected chi connectivity index (χ4v) is 5.18. The molecule has 1 saturated carbocycles. The number of carbonyl (C=O) groups excluding carboxylic acids is 2. The van der Waals surface area contributed by atoms with Crippen molar-refractivity contribution in [3.63, 3.8) is 0 Å². The number of aryl methyl sites for hydroxylation is 1. The molecule has 1 spiro atoms. The summed E-state index contributed by atoms with van der Waals surface area (Å²) in [4.78, 5) is 30.9. The Balaban J connectivity index is 1.13. The van der Waals surface area contributed by atoms with Crippen LogP contribution < -0.4 is 5.32 Å². The van der Waals surface area contributed by atoms with E-state index in [0.29, 0.717) is 36.9 Å². The zero-order chi connectivity index (χ0) is 22.6. The number of nitrogens with zero attached hydrogens (tertiary/aromatic N) is 3. The molecule has 1 aliphatic carbocycles. The molecule has 1 aromatic carbocycles. The number of H-pyrrole nitrogens is 1. The molecule has 2 fully saturated rings. The molecule has 2 N–H and O–H groups in total. The Kier molecular flexibility index (Phi) is 4.79. The number of piperidine rings is 1. The van der Waals surface area contributed by atoms with E-state index in [-0.39, 0.29) is 17.4 Å². The van der Waals surface area contributed by atoms with Gasteiger partial charge < -0.3 is 19.9 Å². The SMILES string of the molecule is Cn1nc(C(=O)NCC2CC2)c2c1CC1(CCN(C(=O)c3ccc4cc[nH]c4c3)CC1)OC2. The molecule has 3 aliphatic rings. The van der Waals surface area contributed by atoms with E-state index in [2.05, 4.69) is 15.4 Å². The molecule has 0 unspecified atom stereocenters. The first kappa shape index (κ1) is 20.5. The first-order valence-electron chi connectivity index (χ1n) is 11.8. The summed E-state index contributed by atoms with van der Waals surface area (Å²) >= 11 is 0. The van der Waals surface area contributed by atoms with E-state index in [4.69, 9.17) is 4.74 Å². The maximum atomic E-state index is 13.1. The van der Waals surface area contributed by atoms with Crippen LogP contribution in [0.3, 0.4) is 0 Å². The highest BCUT2D eigenvalue weighted by molar-refractivity contribution is 5.98. The third-order valence-corrected chi connectivity index (χ3v) is 7.51.